The van der Waals surface area contributed by atoms with Crippen LogP contribution in [0.15, 0.2) is 45.5 Å². The van der Waals surface area contributed by atoms with Gasteiger partial charge in [0.25, 0.3) is 0 Å². The molecule has 0 aliphatic heterocycles. The van der Waals surface area contributed by atoms with E-state index in [9.17, 15) is 5.11 Å². The molecule has 2 heterocycles. The van der Waals surface area contributed by atoms with Gasteiger partial charge in [0.05, 0.1) is 10.6 Å². The maximum atomic E-state index is 9.84. The third-order valence-electron chi connectivity index (χ3n) is 4.31. The fourth-order valence-corrected chi connectivity index (χ4v) is 3.77. The highest BCUT2D eigenvalue weighted by Crippen LogP contribution is 2.40. The van der Waals surface area contributed by atoms with Gasteiger partial charge in [0.2, 0.25) is 11.6 Å². The Morgan fingerprint density at radius 2 is 2.00 bits per heavy atom. The first kappa shape index (κ1) is 15.6. The Bertz CT molecular complexity index is 850. The van der Waals surface area contributed by atoms with Crippen LogP contribution in [0.3, 0.4) is 0 Å². The molecular formula is C18H17BrN2O3. The lowest BCUT2D eigenvalue weighted by Crippen LogP contribution is -2.28. The first-order chi connectivity index (χ1) is 11.7. The molecule has 124 valence electrons. The summed E-state index contributed by atoms with van der Waals surface area (Å²) in [6.07, 6.45) is 4.47. The van der Waals surface area contributed by atoms with Crippen LogP contribution in [-0.4, -0.2) is 27.3 Å². The van der Waals surface area contributed by atoms with Crippen molar-refractivity contribution >= 4 is 27.0 Å². The number of halogens is 1. The third-order valence-corrected chi connectivity index (χ3v) is 5.06. The molecule has 1 aliphatic rings. The Morgan fingerprint density at radius 1 is 1.17 bits per heavy atom. The lowest BCUT2D eigenvalue weighted by molar-refractivity contribution is 0.0521. The number of fused-ring (bicyclic) bond motifs is 1. The van der Waals surface area contributed by atoms with Gasteiger partial charge >= 0.3 is 0 Å². The molecule has 0 saturated heterocycles. The van der Waals surface area contributed by atoms with Crippen molar-refractivity contribution in [2.75, 3.05) is 0 Å². The topological polar surface area (TPSA) is 68.4 Å². The van der Waals surface area contributed by atoms with E-state index in [1.807, 2.05) is 30.3 Å². The Morgan fingerprint density at radius 3 is 2.79 bits per heavy atom. The Hall–Kier alpha value is -1.92. The van der Waals surface area contributed by atoms with E-state index in [-0.39, 0.29) is 12.2 Å². The number of benzene rings is 1. The maximum Gasteiger partial charge on any atom is 0.234 e. The fourth-order valence-electron chi connectivity index (χ4n) is 3.12. The van der Waals surface area contributed by atoms with Gasteiger partial charge < -0.3 is 14.3 Å². The van der Waals surface area contributed by atoms with E-state index in [4.69, 9.17) is 9.15 Å². The third kappa shape index (κ3) is 2.91. The fraction of sp³-hybridized carbons (Fsp3) is 0.333. The summed E-state index contributed by atoms with van der Waals surface area (Å²) in [6.45, 7) is 0. The second-order valence-corrected chi connectivity index (χ2v) is 6.82. The number of nitrogens with zero attached hydrogens (tertiary/aromatic N) is 2. The molecule has 1 aliphatic carbocycles. The highest BCUT2D eigenvalue weighted by molar-refractivity contribution is 9.10. The lowest BCUT2D eigenvalue weighted by atomic mass is 9.95. The second-order valence-electron chi connectivity index (χ2n) is 6.03. The van der Waals surface area contributed by atoms with Gasteiger partial charge in [0, 0.05) is 12.0 Å². The molecule has 2 aromatic heterocycles. The van der Waals surface area contributed by atoms with Crippen molar-refractivity contribution in [3.05, 3.63) is 41.1 Å². The van der Waals surface area contributed by atoms with Gasteiger partial charge in [-0.1, -0.05) is 30.3 Å². The summed E-state index contributed by atoms with van der Waals surface area (Å²) in [5.74, 6) is 1.21. The van der Waals surface area contributed by atoms with Gasteiger partial charge in [-0.3, -0.25) is 0 Å². The molecule has 2 atom stereocenters. The van der Waals surface area contributed by atoms with Gasteiger partial charge in [-0.2, -0.15) is 0 Å². The largest absolute Gasteiger partial charge is 0.474 e. The zero-order valence-electron chi connectivity index (χ0n) is 13.0. The zero-order chi connectivity index (χ0) is 16.5. The van der Waals surface area contributed by atoms with Crippen molar-refractivity contribution in [2.24, 2.45) is 0 Å². The summed E-state index contributed by atoms with van der Waals surface area (Å²) < 4.78 is 12.8. The van der Waals surface area contributed by atoms with Crippen molar-refractivity contribution in [1.82, 2.24) is 9.97 Å². The van der Waals surface area contributed by atoms with Crippen LogP contribution in [0, 0.1) is 0 Å². The van der Waals surface area contributed by atoms with E-state index in [1.54, 1.807) is 0 Å². The molecule has 3 aromatic rings. The maximum absolute atomic E-state index is 9.84. The van der Waals surface area contributed by atoms with E-state index in [2.05, 4.69) is 25.9 Å². The van der Waals surface area contributed by atoms with Crippen molar-refractivity contribution in [1.29, 1.82) is 0 Å². The molecule has 1 fully saturated rings. The molecule has 6 heteroatoms. The van der Waals surface area contributed by atoms with E-state index < -0.39 is 0 Å². The minimum absolute atomic E-state index is 0.0335. The van der Waals surface area contributed by atoms with Crippen LogP contribution in [0.4, 0.5) is 0 Å². The molecule has 1 aromatic carbocycles. The molecule has 0 amide bonds. The number of ether oxygens (including phenoxy) is 1. The van der Waals surface area contributed by atoms with Crippen LogP contribution in [0.5, 0.6) is 5.88 Å². The molecule has 5 nitrogen and oxygen atoms in total. The monoisotopic (exact) mass is 388 g/mol. The van der Waals surface area contributed by atoms with E-state index in [0.717, 1.165) is 34.7 Å². The first-order valence-corrected chi connectivity index (χ1v) is 8.85. The smallest absolute Gasteiger partial charge is 0.234 e. The van der Waals surface area contributed by atoms with Gasteiger partial charge in [-0.25, -0.2) is 9.97 Å². The Kier molecular flexibility index (Phi) is 4.24. The number of aromatic nitrogens is 2. The molecule has 24 heavy (non-hydrogen) atoms. The van der Waals surface area contributed by atoms with Crippen molar-refractivity contribution in [3.8, 4) is 17.2 Å². The number of hydrogen-bond acceptors (Lipinski definition) is 5. The van der Waals surface area contributed by atoms with Crippen LogP contribution >= 0.6 is 15.9 Å². The van der Waals surface area contributed by atoms with Gasteiger partial charge in [-0.15, -0.1) is 0 Å². The first-order valence-electron chi connectivity index (χ1n) is 8.05. The summed E-state index contributed by atoms with van der Waals surface area (Å²) in [7, 11) is 0. The number of aliphatic hydroxyl groups excluding tert-OH is 1. The van der Waals surface area contributed by atoms with Gasteiger partial charge in [0.1, 0.15) is 17.8 Å². The zero-order valence-corrected chi connectivity index (χ0v) is 14.6. The second kappa shape index (κ2) is 6.53. The number of hydrogen-bond donors (Lipinski definition) is 1. The van der Waals surface area contributed by atoms with Crippen LogP contribution < -0.4 is 4.74 Å². The summed E-state index contributed by atoms with van der Waals surface area (Å²) >= 11 is 3.61. The normalized spacial score (nSPS) is 21.1. The Labute approximate surface area is 147 Å². The van der Waals surface area contributed by atoms with E-state index >= 15 is 0 Å². The van der Waals surface area contributed by atoms with Crippen molar-refractivity contribution in [2.45, 2.75) is 37.9 Å². The van der Waals surface area contributed by atoms with Gasteiger partial charge in [-0.05, 0) is 35.2 Å². The number of furan rings is 1. The molecule has 0 unspecified atom stereocenters. The quantitative estimate of drug-likeness (QED) is 0.722. The minimum Gasteiger partial charge on any atom is -0.474 e. The van der Waals surface area contributed by atoms with Gasteiger partial charge in [0.15, 0.2) is 5.76 Å². The highest BCUT2D eigenvalue weighted by atomic mass is 79.9. The highest BCUT2D eigenvalue weighted by Gasteiger charge is 2.25. The number of rotatable bonds is 3. The average Bonchev–Trinajstić information content (AvgIpc) is 2.94. The molecule has 4 rings (SSSR count). The summed E-state index contributed by atoms with van der Waals surface area (Å²) in [5.41, 5.74) is 1.45. The predicted octanol–water partition coefficient (Wildman–Crippen LogP) is 4.33. The summed E-state index contributed by atoms with van der Waals surface area (Å²) in [4.78, 5) is 8.51. The molecule has 0 spiro atoms. The van der Waals surface area contributed by atoms with E-state index in [0.29, 0.717) is 23.8 Å². The van der Waals surface area contributed by atoms with Crippen LogP contribution in [0.1, 0.15) is 25.7 Å². The molecular weight excluding hydrogens is 372 g/mol. The van der Waals surface area contributed by atoms with Crippen LogP contribution in [0.2, 0.25) is 0 Å². The van der Waals surface area contributed by atoms with Crippen molar-refractivity contribution < 1.29 is 14.3 Å². The van der Waals surface area contributed by atoms with Crippen molar-refractivity contribution in [3.63, 3.8) is 0 Å². The molecule has 0 bridgehead atoms. The standard InChI is InChI=1S/C18H17BrN2O3/c19-15-14-17(23-13-8-4-7-12(22)9-13)20-10-21-18(14)24-16(15)11-5-2-1-3-6-11/h1-3,5-6,10,12-13,22H,4,7-9H2/t12-,13-/m0/s1. The predicted molar refractivity (Wildman–Crippen MR) is 93.8 cm³/mol. The van der Waals surface area contributed by atoms with Crippen LogP contribution in [0.25, 0.3) is 22.4 Å². The SMILES string of the molecule is O[C@H]1CCC[C@H](Oc2ncnc3oc(-c4ccccc4)c(Br)c23)C1. The molecule has 1 N–H and O–H groups in total. The molecule has 0 radical (unpaired) electrons. The molecule has 1 saturated carbocycles. The summed E-state index contributed by atoms with van der Waals surface area (Å²) in [5, 5.41) is 10.6. The Balaban J connectivity index is 1.73. The minimum atomic E-state index is -0.297. The number of aliphatic hydroxyl groups is 1. The average molecular weight is 389 g/mol. The van der Waals surface area contributed by atoms with E-state index in [1.165, 1.54) is 6.33 Å². The summed E-state index contributed by atoms with van der Waals surface area (Å²) in [6, 6.07) is 9.84. The van der Waals surface area contributed by atoms with Crippen LogP contribution in [-0.2, 0) is 0 Å². The lowest BCUT2D eigenvalue weighted by Gasteiger charge is -2.26.